The highest BCUT2D eigenvalue weighted by molar-refractivity contribution is 6.10. The molecule has 7 aromatic rings. The first kappa shape index (κ1) is 14.9. The third-order valence-electron chi connectivity index (χ3n) is 5.71. The fourth-order valence-corrected chi connectivity index (χ4v) is 4.45. The number of benzene rings is 4. The van der Waals surface area contributed by atoms with Crippen molar-refractivity contribution in [2.24, 2.45) is 0 Å². The van der Waals surface area contributed by atoms with Gasteiger partial charge < -0.3 is 4.42 Å². The Balaban J connectivity index is 1.76. The lowest BCUT2D eigenvalue weighted by Gasteiger charge is -2.04. The minimum Gasteiger partial charge on any atom is -0.456 e. The molecule has 0 amide bonds. The summed E-state index contributed by atoms with van der Waals surface area (Å²) in [5.74, 6) is 0.907. The lowest BCUT2D eigenvalue weighted by atomic mass is 10.1. The quantitative estimate of drug-likeness (QED) is 0.337. The predicted octanol–water partition coefficient (Wildman–Crippen LogP) is 6.33. The Morgan fingerprint density at radius 2 is 1.41 bits per heavy atom. The Bertz CT molecular complexity index is 1700. The van der Waals surface area contributed by atoms with Crippen molar-refractivity contribution in [3.63, 3.8) is 0 Å². The van der Waals surface area contributed by atoms with Crippen LogP contribution in [0.25, 0.3) is 55.5 Å². The Kier molecular flexibility index (Phi) is 2.71. The average Bonchev–Trinajstić information content (AvgIpc) is 3.40. The largest absolute Gasteiger partial charge is 0.456 e. The summed E-state index contributed by atoms with van der Waals surface area (Å²) in [5, 5.41) is 2.26. The normalized spacial score (nSPS) is 12.1. The van der Waals surface area contributed by atoms with E-state index in [2.05, 4.69) is 75.7 Å². The third kappa shape index (κ3) is 1.90. The van der Waals surface area contributed by atoms with Crippen molar-refractivity contribution in [2.75, 3.05) is 0 Å². The summed E-state index contributed by atoms with van der Waals surface area (Å²) in [7, 11) is 0. The number of nitrogens with zero attached hydrogens (tertiary/aromatic N) is 3. The summed E-state index contributed by atoms with van der Waals surface area (Å²) < 4.78 is 10.6. The molecule has 0 N–H and O–H groups in total. The number of rotatable bonds is 1. The zero-order chi connectivity index (χ0) is 18.9. The minimum absolute atomic E-state index is 0.890. The van der Waals surface area contributed by atoms with Gasteiger partial charge in [0.2, 0.25) is 5.78 Å². The topological polar surface area (TPSA) is 35.4 Å². The molecule has 0 fully saturated rings. The first-order valence-corrected chi connectivity index (χ1v) is 9.67. The second kappa shape index (κ2) is 5.26. The molecule has 0 unspecified atom stereocenters. The van der Waals surface area contributed by atoms with E-state index in [0.717, 1.165) is 55.5 Å². The molecule has 4 heteroatoms. The Morgan fingerprint density at radius 3 is 2.34 bits per heavy atom. The molecule has 0 aliphatic heterocycles. The highest BCUT2D eigenvalue weighted by Gasteiger charge is 2.19. The summed E-state index contributed by atoms with van der Waals surface area (Å²) in [6.45, 7) is 0. The van der Waals surface area contributed by atoms with E-state index in [1.54, 1.807) is 0 Å². The van der Waals surface area contributed by atoms with Gasteiger partial charge in [0.1, 0.15) is 11.2 Å². The van der Waals surface area contributed by atoms with Crippen molar-refractivity contribution >= 4 is 49.8 Å². The van der Waals surface area contributed by atoms with Crippen molar-refractivity contribution in [1.82, 2.24) is 14.0 Å². The fourth-order valence-electron chi connectivity index (χ4n) is 4.45. The molecular weight excluding hydrogens is 358 g/mol. The van der Waals surface area contributed by atoms with Crippen molar-refractivity contribution in [3.05, 3.63) is 91.0 Å². The molecule has 0 saturated carbocycles. The maximum absolute atomic E-state index is 6.17. The molecule has 4 aromatic carbocycles. The fraction of sp³-hybridized carbons (Fsp3) is 0. The summed E-state index contributed by atoms with van der Waals surface area (Å²) >= 11 is 0. The van der Waals surface area contributed by atoms with E-state index in [9.17, 15) is 0 Å². The maximum atomic E-state index is 6.17. The standard InChI is InChI=1S/C25H15N3O/c1-2-8-16(9-3-1)27-22-15-24-18(17-10-4-7-13-23(17)29-24)14-21(22)28-20-12-6-5-11-19(20)26-25(27)28/h1-15H. The van der Waals surface area contributed by atoms with Crippen LogP contribution in [0.15, 0.2) is 95.4 Å². The highest BCUT2D eigenvalue weighted by Crippen LogP contribution is 2.35. The van der Waals surface area contributed by atoms with Crippen LogP contribution in [0.2, 0.25) is 0 Å². The first-order chi connectivity index (χ1) is 14.4. The van der Waals surface area contributed by atoms with E-state index in [1.165, 1.54) is 0 Å². The van der Waals surface area contributed by atoms with Crippen molar-refractivity contribution in [2.45, 2.75) is 0 Å². The Morgan fingerprint density at radius 1 is 0.621 bits per heavy atom. The van der Waals surface area contributed by atoms with E-state index in [0.29, 0.717) is 0 Å². The van der Waals surface area contributed by atoms with Crippen LogP contribution in [-0.4, -0.2) is 14.0 Å². The lowest BCUT2D eigenvalue weighted by Crippen LogP contribution is -1.94. The molecule has 0 saturated heterocycles. The van der Waals surface area contributed by atoms with Crippen molar-refractivity contribution < 1.29 is 4.42 Å². The summed E-state index contributed by atoms with van der Waals surface area (Å²) in [6, 6.07) is 31.2. The molecule has 136 valence electrons. The van der Waals surface area contributed by atoms with Gasteiger partial charge in [-0.05, 0) is 36.4 Å². The van der Waals surface area contributed by atoms with Gasteiger partial charge >= 0.3 is 0 Å². The van der Waals surface area contributed by atoms with Gasteiger partial charge in [0.15, 0.2) is 0 Å². The van der Waals surface area contributed by atoms with Gasteiger partial charge in [0, 0.05) is 22.5 Å². The summed E-state index contributed by atoms with van der Waals surface area (Å²) in [5.41, 5.74) is 7.18. The number of furan rings is 1. The van der Waals surface area contributed by atoms with Gasteiger partial charge in [-0.25, -0.2) is 4.98 Å². The molecule has 0 radical (unpaired) electrons. The average molecular weight is 373 g/mol. The third-order valence-corrected chi connectivity index (χ3v) is 5.71. The zero-order valence-corrected chi connectivity index (χ0v) is 15.4. The SMILES string of the molecule is c1ccc(-n2c3cc4oc5ccccc5c4cc3n3c4ccccc4nc23)cc1. The van der Waals surface area contributed by atoms with Crippen LogP contribution >= 0.6 is 0 Å². The number of hydrogen-bond acceptors (Lipinski definition) is 2. The molecule has 0 spiro atoms. The molecule has 4 nitrogen and oxygen atoms in total. The van der Waals surface area contributed by atoms with E-state index >= 15 is 0 Å². The van der Waals surface area contributed by atoms with Crippen molar-refractivity contribution in [1.29, 1.82) is 0 Å². The lowest BCUT2D eigenvalue weighted by molar-refractivity contribution is 0.669. The first-order valence-electron chi connectivity index (χ1n) is 9.67. The maximum Gasteiger partial charge on any atom is 0.220 e. The van der Waals surface area contributed by atoms with E-state index < -0.39 is 0 Å². The molecule has 3 heterocycles. The number of fused-ring (bicyclic) bond motifs is 8. The monoisotopic (exact) mass is 373 g/mol. The highest BCUT2D eigenvalue weighted by atomic mass is 16.3. The Labute approximate surface area is 165 Å². The summed E-state index contributed by atoms with van der Waals surface area (Å²) in [6.07, 6.45) is 0. The van der Waals surface area contributed by atoms with Gasteiger partial charge in [-0.3, -0.25) is 8.97 Å². The number of hydrogen-bond donors (Lipinski definition) is 0. The molecule has 3 aromatic heterocycles. The van der Waals surface area contributed by atoms with Crippen LogP contribution in [0.1, 0.15) is 0 Å². The molecular formula is C25H15N3O. The molecule has 0 aliphatic rings. The van der Waals surface area contributed by atoms with Crippen LogP contribution in [-0.2, 0) is 0 Å². The molecule has 7 rings (SSSR count). The van der Waals surface area contributed by atoms with Crippen LogP contribution in [0.4, 0.5) is 0 Å². The van der Waals surface area contributed by atoms with Gasteiger partial charge in [0.25, 0.3) is 0 Å². The van der Waals surface area contributed by atoms with E-state index in [-0.39, 0.29) is 0 Å². The van der Waals surface area contributed by atoms with Crippen LogP contribution in [0.3, 0.4) is 0 Å². The Hall–Kier alpha value is -4.05. The predicted molar refractivity (Wildman–Crippen MR) is 117 cm³/mol. The summed E-state index contributed by atoms with van der Waals surface area (Å²) in [4.78, 5) is 4.96. The van der Waals surface area contributed by atoms with E-state index in [4.69, 9.17) is 9.40 Å². The second-order valence-corrected chi connectivity index (χ2v) is 7.34. The van der Waals surface area contributed by atoms with Crippen molar-refractivity contribution in [3.8, 4) is 5.69 Å². The number of para-hydroxylation sites is 4. The van der Waals surface area contributed by atoms with Crippen LogP contribution < -0.4 is 0 Å². The molecule has 0 atom stereocenters. The number of imidazole rings is 2. The molecule has 0 bridgehead atoms. The van der Waals surface area contributed by atoms with Gasteiger partial charge in [-0.1, -0.05) is 48.5 Å². The minimum atomic E-state index is 0.890. The van der Waals surface area contributed by atoms with Crippen LogP contribution in [0, 0.1) is 0 Å². The van der Waals surface area contributed by atoms with Gasteiger partial charge in [0.05, 0.1) is 22.1 Å². The molecule has 29 heavy (non-hydrogen) atoms. The smallest absolute Gasteiger partial charge is 0.220 e. The second-order valence-electron chi connectivity index (χ2n) is 7.34. The zero-order valence-electron chi connectivity index (χ0n) is 15.4. The molecule has 0 aliphatic carbocycles. The van der Waals surface area contributed by atoms with E-state index in [1.807, 2.05) is 24.3 Å². The van der Waals surface area contributed by atoms with Gasteiger partial charge in [-0.15, -0.1) is 0 Å². The van der Waals surface area contributed by atoms with Gasteiger partial charge in [-0.2, -0.15) is 0 Å². The van der Waals surface area contributed by atoms with Crippen LogP contribution in [0.5, 0.6) is 0 Å². The number of aromatic nitrogens is 3.